The maximum Gasteiger partial charge on any atom is 0.319 e. The number of carboxylic acid groups (broad SMARTS) is 1. The zero-order valence-corrected chi connectivity index (χ0v) is 14.7. The molecule has 6 heteroatoms. The Morgan fingerprint density at radius 3 is 2.29 bits per heavy atom. The molecule has 0 atom stereocenters. The minimum Gasteiger partial charge on any atom is -0.496 e. The predicted octanol–water partition coefficient (Wildman–Crippen LogP) is 3.39. The Hall–Kier alpha value is -2.24. The number of amides is 2. The molecule has 1 aromatic rings. The molecule has 0 radical (unpaired) electrons. The van der Waals surface area contributed by atoms with Gasteiger partial charge in [-0.1, -0.05) is 0 Å². The molecular formula is C18H26N2O4. The van der Waals surface area contributed by atoms with Crippen LogP contribution in [0.1, 0.15) is 42.4 Å². The molecule has 6 nitrogen and oxygen atoms in total. The minimum atomic E-state index is -0.738. The number of carbonyl (C=O) groups is 2. The van der Waals surface area contributed by atoms with E-state index < -0.39 is 5.97 Å². The summed E-state index contributed by atoms with van der Waals surface area (Å²) >= 11 is 0. The number of hydrogen-bond acceptors (Lipinski definition) is 3. The highest BCUT2D eigenvalue weighted by atomic mass is 16.5. The lowest BCUT2D eigenvalue weighted by molar-refractivity contribution is -0.142. The molecule has 1 aromatic carbocycles. The van der Waals surface area contributed by atoms with Crippen molar-refractivity contribution < 1.29 is 19.4 Å². The van der Waals surface area contributed by atoms with Gasteiger partial charge in [0.15, 0.2) is 0 Å². The topological polar surface area (TPSA) is 87.7 Å². The Labute approximate surface area is 142 Å². The second kappa shape index (κ2) is 7.55. The van der Waals surface area contributed by atoms with Gasteiger partial charge in [0.1, 0.15) is 5.75 Å². The van der Waals surface area contributed by atoms with Crippen molar-refractivity contribution in [3.8, 4) is 5.75 Å². The van der Waals surface area contributed by atoms with Gasteiger partial charge in [0, 0.05) is 11.7 Å². The molecule has 1 fully saturated rings. The number of carbonyl (C=O) groups excluding carboxylic acids is 1. The fraction of sp³-hybridized carbons (Fsp3) is 0.556. The number of methoxy groups -OCH3 is 1. The van der Waals surface area contributed by atoms with E-state index in [0.717, 1.165) is 28.1 Å². The zero-order valence-electron chi connectivity index (χ0n) is 14.7. The highest BCUT2D eigenvalue weighted by molar-refractivity contribution is 5.91. The molecule has 0 heterocycles. The number of carboxylic acids is 1. The van der Waals surface area contributed by atoms with E-state index in [1.54, 1.807) is 7.11 Å². The van der Waals surface area contributed by atoms with E-state index in [-0.39, 0.29) is 18.0 Å². The monoisotopic (exact) mass is 334 g/mol. The molecule has 24 heavy (non-hydrogen) atoms. The van der Waals surface area contributed by atoms with Crippen LogP contribution in [0.2, 0.25) is 0 Å². The molecule has 0 aliphatic heterocycles. The minimum absolute atomic E-state index is 0.0283. The van der Waals surface area contributed by atoms with Crippen LogP contribution in [0.4, 0.5) is 10.5 Å². The molecule has 0 bridgehead atoms. The summed E-state index contributed by atoms with van der Waals surface area (Å²) in [6.07, 6.45) is 2.62. The molecule has 132 valence electrons. The summed E-state index contributed by atoms with van der Waals surface area (Å²) in [6.45, 7) is 5.85. The molecule has 1 aliphatic rings. The number of benzene rings is 1. The molecule has 2 rings (SSSR count). The summed E-state index contributed by atoms with van der Waals surface area (Å²) in [5.41, 5.74) is 3.72. The standard InChI is InChI=1S/C18H26N2O4/c1-10-9-15(24-4)11(2)12(3)16(10)20-18(23)19-14-7-5-13(6-8-14)17(21)22/h9,13-14H,5-8H2,1-4H3,(H,21,22)(H2,19,20,23). The Balaban J connectivity index is 1.99. The number of nitrogens with one attached hydrogen (secondary N) is 2. The third-order valence-corrected chi connectivity index (χ3v) is 4.92. The molecule has 1 aliphatic carbocycles. The largest absolute Gasteiger partial charge is 0.496 e. The van der Waals surface area contributed by atoms with Crippen LogP contribution in [0.5, 0.6) is 5.75 Å². The van der Waals surface area contributed by atoms with Crippen LogP contribution in [-0.4, -0.2) is 30.3 Å². The van der Waals surface area contributed by atoms with Gasteiger partial charge in [0.25, 0.3) is 0 Å². The second-order valence-electron chi connectivity index (χ2n) is 6.51. The summed E-state index contributed by atoms with van der Waals surface area (Å²) < 4.78 is 5.34. The van der Waals surface area contributed by atoms with E-state index >= 15 is 0 Å². The van der Waals surface area contributed by atoms with Crippen molar-refractivity contribution in [2.45, 2.75) is 52.5 Å². The first-order valence-corrected chi connectivity index (χ1v) is 8.28. The summed E-state index contributed by atoms with van der Waals surface area (Å²) in [4.78, 5) is 23.3. The number of rotatable bonds is 4. The second-order valence-corrected chi connectivity index (χ2v) is 6.51. The number of hydrogen-bond donors (Lipinski definition) is 3. The lowest BCUT2D eigenvalue weighted by Crippen LogP contribution is -2.41. The Morgan fingerprint density at radius 1 is 1.12 bits per heavy atom. The number of aliphatic carboxylic acids is 1. The third-order valence-electron chi connectivity index (χ3n) is 4.92. The summed E-state index contributed by atoms with van der Waals surface area (Å²) in [6, 6.07) is 1.70. The number of ether oxygens (including phenoxy) is 1. The van der Waals surface area contributed by atoms with Crippen molar-refractivity contribution in [2.24, 2.45) is 5.92 Å². The van der Waals surface area contributed by atoms with Crippen LogP contribution in [0.15, 0.2) is 6.07 Å². The van der Waals surface area contributed by atoms with Crippen molar-refractivity contribution >= 4 is 17.7 Å². The van der Waals surface area contributed by atoms with E-state index in [9.17, 15) is 9.59 Å². The summed E-state index contributed by atoms with van der Waals surface area (Å²) in [5, 5.41) is 14.9. The molecule has 0 saturated heterocycles. The van der Waals surface area contributed by atoms with Gasteiger partial charge in [-0.15, -0.1) is 0 Å². The van der Waals surface area contributed by atoms with Crippen molar-refractivity contribution in [3.05, 3.63) is 22.8 Å². The smallest absolute Gasteiger partial charge is 0.319 e. The first kappa shape index (κ1) is 18.1. The third kappa shape index (κ3) is 3.99. The van der Waals surface area contributed by atoms with Crippen molar-refractivity contribution in [1.82, 2.24) is 5.32 Å². The first-order valence-electron chi connectivity index (χ1n) is 8.28. The molecule has 3 N–H and O–H groups in total. The molecular weight excluding hydrogens is 308 g/mol. The fourth-order valence-electron chi connectivity index (χ4n) is 3.27. The Bertz CT molecular complexity index is 634. The van der Waals surface area contributed by atoms with Gasteiger partial charge in [-0.2, -0.15) is 0 Å². The van der Waals surface area contributed by atoms with Gasteiger partial charge in [-0.3, -0.25) is 4.79 Å². The Kier molecular flexibility index (Phi) is 5.70. The number of urea groups is 1. The van der Waals surface area contributed by atoms with Crippen molar-refractivity contribution in [2.75, 3.05) is 12.4 Å². The molecule has 0 spiro atoms. The van der Waals surface area contributed by atoms with Crippen molar-refractivity contribution in [1.29, 1.82) is 0 Å². The molecule has 1 saturated carbocycles. The summed E-state index contributed by atoms with van der Waals surface area (Å²) in [7, 11) is 1.63. The fourth-order valence-corrected chi connectivity index (χ4v) is 3.27. The van der Waals surface area contributed by atoms with Crippen LogP contribution in [0.3, 0.4) is 0 Å². The van der Waals surface area contributed by atoms with Gasteiger partial charge in [0.2, 0.25) is 0 Å². The molecule has 0 unspecified atom stereocenters. The van der Waals surface area contributed by atoms with Crippen molar-refractivity contribution in [3.63, 3.8) is 0 Å². The lowest BCUT2D eigenvalue weighted by atomic mass is 9.86. The average Bonchev–Trinajstić information content (AvgIpc) is 2.55. The van der Waals surface area contributed by atoms with Gasteiger partial charge < -0.3 is 20.5 Å². The van der Waals surface area contributed by atoms with Gasteiger partial charge >= 0.3 is 12.0 Å². The van der Waals surface area contributed by atoms with Gasteiger partial charge in [-0.25, -0.2) is 4.79 Å². The molecule has 0 aromatic heterocycles. The zero-order chi connectivity index (χ0) is 17.9. The van der Waals surface area contributed by atoms with Gasteiger partial charge in [-0.05, 0) is 69.2 Å². The van der Waals surface area contributed by atoms with Crippen LogP contribution in [0.25, 0.3) is 0 Å². The predicted molar refractivity (Wildman–Crippen MR) is 92.7 cm³/mol. The maximum atomic E-state index is 12.3. The average molecular weight is 334 g/mol. The number of anilines is 1. The SMILES string of the molecule is COc1cc(C)c(NC(=O)NC2CCC(C(=O)O)CC2)c(C)c1C. The van der Waals surface area contributed by atoms with Crippen LogP contribution < -0.4 is 15.4 Å². The number of aryl methyl sites for hydroxylation is 1. The lowest BCUT2D eigenvalue weighted by Gasteiger charge is -2.27. The van der Waals surface area contributed by atoms with Gasteiger partial charge in [0.05, 0.1) is 13.0 Å². The van der Waals surface area contributed by atoms with E-state index in [2.05, 4.69) is 10.6 Å². The first-order chi connectivity index (χ1) is 11.3. The summed E-state index contributed by atoms with van der Waals surface area (Å²) in [5.74, 6) is -0.208. The Morgan fingerprint density at radius 2 is 1.75 bits per heavy atom. The normalized spacial score (nSPS) is 20.3. The van der Waals surface area contributed by atoms with Crippen LogP contribution >= 0.6 is 0 Å². The van der Waals surface area contributed by atoms with Crippen LogP contribution in [0, 0.1) is 26.7 Å². The maximum absolute atomic E-state index is 12.3. The van der Waals surface area contributed by atoms with E-state index in [0.29, 0.717) is 25.7 Å². The van der Waals surface area contributed by atoms with E-state index in [1.165, 1.54) is 0 Å². The van der Waals surface area contributed by atoms with E-state index in [4.69, 9.17) is 9.84 Å². The molecule has 2 amide bonds. The van der Waals surface area contributed by atoms with E-state index in [1.807, 2.05) is 26.8 Å². The quantitative estimate of drug-likeness (QED) is 0.787. The van der Waals surface area contributed by atoms with Crippen LogP contribution in [-0.2, 0) is 4.79 Å². The highest BCUT2D eigenvalue weighted by Crippen LogP contribution is 2.31. The highest BCUT2D eigenvalue weighted by Gasteiger charge is 2.26.